The molecule has 1 aromatic heterocycles. The number of hydrogen-bond acceptors (Lipinski definition) is 4. The molecule has 2 aromatic rings. The SMILES string of the molecule is N=C1NC(=O)/C(=C/c2cc3ccccc3nc2Cl)S1. The molecule has 2 N–H and O–H groups in total. The summed E-state index contributed by atoms with van der Waals surface area (Å²) in [5.41, 5.74) is 1.48. The molecule has 0 bridgehead atoms. The topological polar surface area (TPSA) is 65.8 Å². The van der Waals surface area contributed by atoms with Crippen LogP contribution >= 0.6 is 23.4 Å². The second kappa shape index (κ2) is 4.68. The van der Waals surface area contributed by atoms with Gasteiger partial charge in [0.25, 0.3) is 5.91 Å². The van der Waals surface area contributed by atoms with Crippen LogP contribution in [0.2, 0.25) is 5.15 Å². The van der Waals surface area contributed by atoms with Crippen LogP contribution in [-0.4, -0.2) is 16.1 Å². The summed E-state index contributed by atoms with van der Waals surface area (Å²) in [6, 6.07) is 9.51. The molecule has 1 aromatic carbocycles. The molecule has 1 amide bonds. The summed E-state index contributed by atoms with van der Waals surface area (Å²) in [5.74, 6) is -0.278. The third-order valence-corrected chi connectivity index (χ3v) is 3.79. The molecule has 3 rings (SSSR count). The smallest absolute Gasteiger partial charge is 0.264 e. The van der Waals surface area contributed by atoms with E-state index in [2.05, 4.69) is 10.3 Å². The number of carbonyl (C=O) groups excluding carboxylic acids is 1. The maximum absolute atomic E-state index is 11.6. The van der Waals surface area contributed by atoms with E-state index in [4.69, 9.17) is 17.0 Å². The number of pyridine rings is 1. The van der Waals surface area contributed by atoms with Crippen molar-refractivity contribution < 1.29 is 4.79 Å². The number of amidine groups is 1. The predicted molar refractivity (Wildman–Crippen MR) is 78.2 cm³/mol. The summed E-state index contributed by atoms with van der Waals surface area (Å²) in [6.07, 6.45) is 1.66. The van der Waals surface area contributed by atoms with E-state index in [0.717, 1.165) is 22.7 Å². The van der Waals surface area contributed by atoms with Gasteiger partial charge in [-0.2, -0.15) is 0 Å². The lowest BCUT2D eigenvalue weighted by Gasteiger charge is -2.02. The number of nitrogens with zero attached hydrogens (tertiary/aromatic N) is 1. The van der Waals surface area contributed by atoms with Gasteiger partial charge in [0.15, 0.2) is 5.17 Å². The normalized spacial score (nSPS) is 17.2. The maximum atomic E-state index is 11.6. The zero-order valence-electron chi connectivity index (χ0n) is 9.61. The molecular formula is C13H8ClN3OS. The molecule has 0 unspecified atom stereocenters. The number of hydrogen-bond donors (Lipinski definition) is 2. The predicted octanol–water partition coefficient (Wildman–Crippen LogP) is 3.03. The van der Waals surface area contributed by atoms with E-state index in [9.17, 15) is 4.79 Å². The van der Waals surface area contributed by atoms with Crippen LogP contribution in [0.4, 0.5) is 0 Å². The third-order valence-electron chi connectivity index (χ3n) is 2.65. The van der Waals surface area contributed by atoms with Gasteiger partial charge in [-0.1, -0.05) is 29.8 Å². The fourth-order valence-electron chi connectivity index (χ4n) is 1.79. The van der Waals surface area contributed by atoms with E-state index in [1.54, 1.807) is 6.08 Å². The van der Waals surface area contributed by atoms with E-state index in [1.807, 2.05) is 30.3 Å². The molecule has 1 aliphatic rings. The number of amides is 1. The first-order valence-corrected chi connectivity index (χ1v) is 6.68. The number of thioether (sulfide) groups is 1. The van der Waals surface area contributed by atoms with Gasteiger partial charge in [-0.25, -0.2) is 4.98 Å². The number of aromatic nitrogens is 1. The van der Waals surface area contributed by atoms with Crippen molar-refractivity contribution in [3.63, 3.8) is 0 Å². The number of para-hydroxylation sites is 1. The summed E-state index contributed by atoms with van der Waals surface area (Å²) in [7, 11) is 0. The van der Waals surface area contributed by atoms with Crippen LogP contribution in [0, 0.1) is 5.41 Å². The van der Waals surface area contributed by atoms with Crippen LogP contribution < -0.4 is 5.32 Å². The Bertz CT molecular complexity index is 742. The summed E-state index contributed by atoms with van der Waals surface area (Å²) >= 11 is 7.20. The lowest BCUT2D eigenvalue weighted by atomic mass is 10.1. The lowest BCUT2D eigenvalue weighted by Crippen LogP contribution is -2.18. The second-order valence-electron chi connectivity index (χ2n) is 3.96. The van der Waals surface area contributed by atoms with Crippen molar-refractivity contribution in [3.8, 4) is 0 Å². The molecule has 4 nitrogen and oxygen atoms in total. The van der Waals surface area contributed by atoms with Crippen molar-refractivity contribution in [1.82, 2.24) is 10.3 Å². The molecule has 0 spiro atoms. The minimum absolute atomic E-state index is 0.126. The second-order valence-corrected chi connectivity index (χ2v) is 5.37. The monoisotopic (exact) mass is 289 g/mol. The number of nitrogens with one attached hydrogen (secondary N) is 2. The van der Waals surface area contributed by atoms with E-state index >= 15 is 0 Å². The molecule has 0 atom stereocenters. The first-order chi connectivity index (χ1) is 9.13. The van der Waals surface area contributed by atoms with Gasteiger partial charge in [0, 0.05) is 10.9 Å². The van der Waals surface area contributed by atoms with Crippen LogP contribution in [0.1, 0.15) is 5.56 Å². The Morgan fingerprint density at radius 2 is 2.16 bits per heavy atom. The highest BCUT2D eigenvalue weighted by Crippen LogP contribution is 2.28. The summed E-state index contributed by atoms with van der Waals surface area (Å²) in [6.45, 7) is 0. The van der Waals surface area contributed by atoms with Crippen LogP contribution in [0.25, 0.3) is 17.0 Å². The van der Waals surface area contributed by atoms with Crippen LogP contribution in [0.5, 0.6) is 0 Å². The molecule has 1 saturated heterocycles. The van der Waals surface area contributed by atoms with E-state index in [0.29, 0.717) is 15.6 Å². The Morgan fingerprint density at radius 3 is 2.89 bits per heavy atom. The molecule has 0 aliphatic carbocycles. The molecule has 2 heterocycles. The Kier molecular flexibility index (Phi) is 3.00. The van der Waals surface area contributed by atoms with Gasteiger partial charge in [-0.3, -0.25) is 10.2 Å². The number of rotatable bonds is 1. The average Bonchev–Trinajstić information content (AvgIpc) is 2.69. The van der Waals surface area contributed by atoms with Crippen molar-refractivity contribution in [2.75, 3.05) is 0 Å². The van der Waals surface area contributed by atoms with Gasteiger partial charge in [0.05, 0.1) is 10.4 Å². The van der Waals surface area contributed by atoms with Gasteiger partial charge >= 0.3 is 0 Å². The van der Waals surface area contributed by atoms with Gasteiger partial charge in [-0.15, -0.1) is 0 Å². The Morgan fingerprint density at radius 1 is 1.37 bits per heavy atom. The molecule has 0 radical (unpaired) electrons. The number of benzene rings is 1. The fourth-order valence-corrected chi connectivity index (χ4v) is 2.69. The average molecular weight is 290 g/mol. The number of halogens is 1. The first-order valence-electron chi connectivity index (χ1n) is 5.48. The van der Waals surface area contributed by atoms with Crippen LogP contribution in [0.15, 0.2) is 35.2 Å². The summed E-state index contributed by atoms with van der Waals surface area (Å²) in [4.78, 5) is 16.3. The van der Waals surface area contributed by atoms with E-state index < -0.39 is 0 Å². The largest absolute Gasteiger partial charge is 0.301 e. The highest BCUT2D eigenvalue weighted by atomic mass is 35.5. The first kappa shape index (κ1) is 12.2. The Balaban J connectivity index is 2.10. The molecule has 19 heavy (non-hydrogen) atoms. The zero-order valence-corrected chi connectivity index (χ0v) is 11.2. The van der Waals surface area contributed by atoms with Gasteiger partial charge in [-0.05, 0) is 30.0 Å². The molecular weight excluding hydrogens is 282 g/mol. The number of fused-ring (bicyclic) bond motifs is 1. The van der Waals surface area contributed by atoms with Crippen molar-refractivity contribution >= 4 is 51.4 Å². The maximum Gasteiger partial charge on any atom is 0.264 e. The molecule has 6 heteroatoms. The van der Waals surface area contributed by atoms with Crippen LogP contribution in [-0.2, 0) is 4.79 Å². The third kappa shape index (κ3) is 2.34. The molecule has 94 valence electrons. The molecule has 1 fully saturated rings. The highest BCUT2D eigenvalue weighted by molar-refractivity contribution is 8.18. The highest BCUT2D eigenvalue weighted by Gasteiger charge is 2.22. The summed E-state index contributed by atoms with van der Waals surface area (Å²) < 4.78 is 0. The van der Waals surface area contributed by atoms with Crippen molar-refractivity contribution in [2.24, 2.45) is 0 Å². The zero-order chi connectivity index (χ0) is 13.4. The van der Waals surface area contributed by atoms with Crippen molar-refractivity contribution in [3.05, 3.63) is 46.0 Å². The Hall–Kier alpha value is -1.85. The van der Waals surface area contributed by atoms with E-state index in [-0.39, 0.29) is 11.1 Å². The van der Waals surface area contributed by atoms with Crippen molar-refractivity contribution in [1.29, 1.82) is 5.41 Å². The Labute approximate surface area is 118 Å². The van der Waals surface area contributed by atoms with E-state index in [1.165, 1.54) is 0 Å². The fraction of sp³-hybridized carbons (Fsp3) is 0. The van der Waals surface area contributed by atoms with Crippen LogP contribution in [0.3, 0.4) is 0 Å². The van der Waals surface area contributed by atoms with Gasteiger partial charge in [0.2, 0.25) is 0 Å². The van der Waals surface area contributed by atoms with Crippen molar-refractivity contribution in [2.45, 2.75) is 0 Å². The standard InChI is InChI=1S/C13H8ClN3OS/c14-11-8(6-10-12(18)17-13(15)19-10)5-7-3-1-2-4-9(7)16-11/h1-6H,(H2,15,17,18)/b10-6-. The number of carbonyl (C=O) groups is 1. The quantitative estimate of drug-likeness (QED) is 0.626. The molecule has 0 saturated carbocycles. The van der Waals surface area contributed by atoms with Gasteiger partial charge in [0.1, 0.15) is 5.15 Å². The summed E-state index contributed by atoms with van der Waals surface area (Å²) in [5, 5.41) is 11.2. The lowest BCUT2D eigenvalue weighted by molar-refractivity contribution is -0.115. The van der Waals surface area contributed by atoms with Gasteiger partial charge < -0.3 is 5.32 Å². The minimum Gasteiger partial charge on any atom is -0.301 e. The molecule has 1 aliphatic heterocycles. The minimum atomic E-state index is -0.278.